The van der Waals surface area contributed by atoms with Crippen LogP contribution in [0, 0.1) is 5.92 Å². The first kappa shape index (κ1) is 26.6. The van der Waals surface area contributed by atoms with Crippen LogP contribution >= 0.6 is 0 Å². The predicted octanol–water partition coefficient (Wildman–Crippen LogP) is 6.56. The van der Waals surface area contributed by atoms with Gasteiger partial charge in [0.05, 0.1) is 19.3 Å². The molecule has 1 saturated carbocycles. The molecular weight excluding hydrogens is 440 g/mol. The Morgan fingerprint density at radius 1 is 1.00 bits per heavy atom. The number of carbonyl (C=O) groups is 2. The van der Waals surface area contributed by atoms with Crippen LogP contribution in [-0.4, -0.2) is 44.0 Å². The molecule has 0 heterocycles. The largest absolute Gasteiger partial charge is 0.496 e. The standard InChI is InChI=1S/C29H40N2O4/c1-4-5-6-10-19-35-25-16-13-23(14-17-25)28(32)30-24-15-18-26(27(20-24)34-3)29(33)31(2)21-22-11-8-7-9-12-22/h13-18,20,22H,4-12,19,21H2,1-3H3,(H,30,32). The maximum Gasteiger partial charge on any atom is 0.257 e. The summed E-state index contributed by atoms with van der Waals surface area (Å²) in [5, 5.41) is 2.90. The van der Waals surface area contributed by atoms with E-state index in [4.69, 9.17) is 9.47 Å². The Labute approximate surface area is 210 Å². The summed E-state index contributed by atoms with van der Waals surface area (Å²) in [5.41, 5.74) is 1.62. The Hall–Kier alpha value is -3.02. The van der Waals surface area contributed by atoms with Crippen LogP contribution in [-0.2, 0) is 0 Å². The normalized spacial score (nSPS) is 13.8. The van der Waals surface area contributed by atoms with E-state index >= 15 is 0 Å². The Balaban J connectivity index is 1.57. The number of methoxy groups -OCH3 is 1. The highest BCUT2D eigenvalue weighted by atomic mass is 16.5. The maximum atomic E-state index is 13.1. The van der Waals surface area contributed by atoms with Crippen molar-refractivity contribution in [1.29, 1.82) is 0 Å². The van der Waals surface area contributed by atoms with Crippen molar-refractivity contribution in [3.8, 4) is 11.5 Å². The SMILES string of the molecule is CCCCCCOc1ccc(C(=O)Nc2ccc(C(=O)N(C)CC3CCCCC3)c(OC)c2)cc1. The zero-order valence-electron chi connectivity index (χ0n) is 21.5. The van der Waals surface area contributed by atoms with E-state index in [2.05, 4.69) is 12.2 Å². The topological polar surface area (TPSA) is 67.9 Å². The molecule has 0 aliphatic heterocycles. The number of benzene rings is 2. The fourth-order valence-corrected chi connectivity index (χ4v) is 4.62. The molecule has 0 spiro atoms. The molecular formula is C29H40N2O4. The van der Waals surface area contributed by atoms with E-state index < -0.39 is 0 Å². The molecule has 1 aliphatic carbocycles. The van der Waals surface area contributed by atoms with Gasteiger partial charge in [-0.15, -0.1) is 0 Å². The van der Waals surface area contributed by atoms with Gasteiger partial charge in [-0.05, 0) is 61.6 Å². The van der Waals surface area contributed by atoms with Gasteiger partial charge in [0, 0.05) is 30.9 Å². The highest BCUT2D eigenvalue weighted by Crippen LogP contribution is 2.28. The molecule has 6 heteroatoms. The van der Waals surface area contributed by atoms with Crippen molar-refractivity contribution in [3.63, 3.8) is 0 Å². The van der Waals surface area contributed by atoms with Crippen LogP contribution in [0.15, 0.2) is 42.5 Å². The first-order valence-electron chi connectivity index (χ1n) is 13.0. The molecule has 2 aromatic rings. The first-order chi connectivity index (χ1) is 17.0. The van der Waals surface area contributed by atoms with Gasteiger partial charge < -0.3 is 19.7 Å². The smallest absolute Gasteiger partial charge is 0.257 e. The van der Waals surface area contributed by atoms with E-state index in [9.17, 15) is 9.59 Å². The van der Waals surface area contributed by atoms with Crippen molar-refractivity contribution in [1.82, 2.24) is 4.90 Å². The third-order valence-electron chi connectivity index (χ3n) is 6.68. The molecule has 35 heavy (non-hydrogen) atoms. The summed E-state index contributed by atoms with van der Waals surface area (Å²) < 4.78 is 11.3. The second-order valence-electron chi connectivity index (χ2n) is 9.49. The van der Waals surface area contributed by atoms with E-state index in [0.717, 1.165) is 18.7 Å². The number of hydrogen-bond donors (Lipinski definition) is 1. The van der Waals surface area contributed by atoms with E-state index in [1.54, 1.807) is 42.3 Å². The van der Waals surface area contributed by atoms with Gasteiger partial charge >= 0.3 is 0 Å². The van der Waals surface area contributed by atoms with Crippen LogP contribution in [0.2, 0.25) is 0 Å². The Kier molecular flexibility index (Phi) is 10.5. The van der Waals surface area contributed by atoms with Crippen LogP contribution in [0.1, 0.15) is 85.4 Å². The number of amides is 2. The molecule has 1 fully saturated rings. The van der Waals surface area contributed by atoms with Crippen molar-refractivity contribution in [2.24, 2.45) is 5.92 Å². The fourth-order valence-electron chi connectivity index (χ4n) is 4.62. The molecule has 3 rings (SSSR count). The zero-order chi connectivity index (χ0) is 25.0. The lowest BCUT2D eigenvalue weighted by Crippen LogP contribution is -2.32. The lowest BCUT2D eigenvalue weighted by atomic mass is 9.89. The average Bonchev–Trinajstić information content (AvgIpc) is 2.89. The van der Waals surface area contributed by atoms with Gasteiger partial charge in [0.2, 0.25) is 0 Å². The van der Waals surface area contributed by atoms with E-state index in [0.29, 0.717) is 35.1 Å². The number of rotatable bonds is 12. The quantitative estimate of drug-likeness (QED) is 0.349. The van der Waals surface area contributed by atoms with Crippen molar-refractivity contribution < 1.29 is 19.1 Å². The van der Waals surface area contributed by atoms with Gasteiger partial charge in [-0.25, -0.2) is 0 Å². The third kappa shape index (κ3) is 8.01. The Morgan fingerprint density at radius 2 is 1.74 bits per heavy atom. The molecule has 0 saturated heterocycles. The minimum absolute atomic E-state index is 0.0596. The van der Waals surface area contributed by atoms with Crippen LogP contribution in [0.25, 0.3) is 0 Å². The summed E-state index contributed by atoms with van der Waals surface area (Å²) in [6.45, 7) is 3.64. The minimum Gasteiger partial charge on any atom is -0.496 e. The second-order valence-corrected chi connectivity index (χ2v) is 9.49. The number of hydrogen-bond acceptors (Lipinski definition) is 4. The molecule has 6 nitrogen and oxygen atoms in total. The van der Waals surface area contributed by atoms with Crippen molar-refractivity contribution >= 4 is 17.5 Å². The van der Waals surface area contributed by atoms with Crippen LogP contribution < -0.4 is 14.8 Å². The summed E-state index contributed by atoms with van der Waals surface area (Å²) in [6.07, 6.45) is 10.8. The monoisotopic (exact) mass is 480 g/mol. The number of nitrogens with one attached hydrogen (secondary N) is 1. The molecule has 1 aliphatic rings. The number of ether oxygens (including phenoxy) is 2. The zero-order valence-corrected chi connectivity index (χ0v) is 21.5. The fraction of sp³-hybridized carbons (Fsp3) is 0.517. The molecule has 0 atom stereocenters. The van der Waals surface area contributed by atoms with Gasteiger partial charge in [-0.1, -0.05) is 45.4 Å². The average molecular weight is 481 g/mol. The van der Waals surface area contributed by atoms with Gasteiger partial charge in [-0.3, -0.25) is 9.59 Å². The number of nitrogens with zero attached hydrogens (tertiary/aromatic N) is 1. The van der Waals surface area contributed by atoms with Crippen LogP contribution in [0.5, 0.6) is 11.5 Å². The van der Waals surface area contributed by atoms with Gasteiger partial charge in [-0.2, -0.15) is 0 Å². The molecule has 1 N–H and O–H groups in total. The molecule has 190 valence electrons. The van der Waals surface area contributed by atoms with Gasteiger partial charge in [0.15, 0.2) is 0 Å². The number of carbonyl (C=O) groups excluding carboxylic acids is 2. The summed E-state index contributed by atoms with van der Waals surface area (Å²) in [6, 6.07) is 12.3. The first-order valence-corrected chi connectivity index (χ1v) is 13.0. The molecule has 0 aromatic heterocycles. The highest BCUT2D eigenvalue weighted by Gasteiger charge is 2.22. The van der Waals surface area contributed by atoms with Crippen molar-refractivity contribution in [3.05, 3.63) is 53.6 Å². The molecule has 0 bridgehead atoms. The van der Waals surface area contributed by atoms with Crippen molar-refractivity contribution in [2.45, 2.75) is 64.7 Å². The van der Waals surface area contributed by atoms with Crippen LogP contribution in [0.3, 0.4) is 0 Å². The van der Waals surface area contributed by atoms with E-state index in [1.807, 2.05) is 19.2 Å². The summed E-state index contributed by atoms with van der Waals surface area (Å²) in [4.78, 5) is 27.6. The predicted molar refractivity (Wildman–Crippen MR) is 141 cm³/mol. The number of anilines is 1. The Morgan fingerprint density at radius 3 is 2.43 bits per heavy atom. The number of unbranched alkanes of at least 4 members (excludes halogenated alkanes) is 3. The van der Waals surface area contributed by atoms with E-state index in [1.165, 1.54) is 51.4 Å². The molecule has 0 unspecified atom stereocenters. The molecule has 0 radical (unpaired) electrons. The lowest BCUT2D eigenvalue weighted by molar-refractivity contribution is 0.0757. The summed E-state index contributed by atoms with van der Waals surface area (Å²) in [7, 11) is 3.39. The van der Waals surface area contributed by atoms with Crippen molar-refractivity contribution in [2.75, 3.05) is 32.6 Å². The third-order valence-corrected chi connectivity index (χ3v) is 6.68. The minimum atomic E-state index is -0.227. The molecule has 2 aromatic carbocycles. The molecule has 2 amide bonds. The lowest BCUT2D eigenvalue weighted by Gasteiger charge is -2.27. The van der Waals surface area contributed by atoms with Crippen LogP contribution in [0.4, 0.5) is 5.69 Å². The van der Waals surface area contributed by atoms with Gasteiger partial charge in [0.25, 0.3) is 11.8 Å². The maximum absolute atomic E-state index is 13.1. The van der Waals surface area contributed by atoms with E-state index in [-0.39, 0.29) is 11.8 Å². The Bertz CT molecular complexity index is 952. The summed E-state index contributed by atoms with van der Waals surface area (Å²) >= 11 is 0. The summed E-state index contributed by atoms with van der Waals surface area (Å²) in [5.74, 6) is 1.50. The van der Waals surface area contributed by atoms with Gasteiger partial charge in [0.1, 0.15) is 11.5 Å². The highest BCUT2D eigenvalue weighted by molar-refractivity contribution is 6.05. The second kappa shape index (κ2) is 13.8.